The molecule has 0 aliphatic carbocycles. The van der Waals surface area contributed by atoms with Crippen molar-refractivity contribution in [3.8, 4) is 5.75 Å². The third-order valence-electron chi connectivity index (χ3n) is 5.19. The average Bonchev–Trinajstić information content (AvgIpc) is 2.80. The maximum atomic E-state index is 13.8. The fourth-order valence-corrected chi connectivity index (χ4v) is 5.15. The number of aliphatic hydroxyl groups is 1. The summed E-state index contributed by atoms with van der Waals surface area (Å²) < 4.78 is 34.5. The SMILES string of the molecule is COC(=O)CCNC(=O)[C@H](O)C(C)(C)COP(=O)(C[C@H](C(=O)OC)C(C)C)Oc1ccccc1. The van der Waals surface area contributed by atoms with Gasteiger partial charge in [-0.2, -0.15) is 0 Å². The Kier molecular flexibility index (Phi) is 11.7. The van der Waals surface area contributed by atoms with E-state index in [2.05, 4.69) is 10.1 Å². The third-order valence-corrected chi connectivity index (χ3v) is 7.05. The molecule has 34 heavy (non-hydrogen) atoms. The van der Waals surface area contributed by atoms with Gasteiger partial charge >= 0.3 is 19.5 Å². The molecule has 2 N–H and O–H groups in total. The summed E-state index contributed by atoms with van der Waals surface area (Å²) in [7, 11) is -1.44. The van der Waals surface area contributed by atoms with Crippen LogP contribution in [0.2, 0.25) is 0 Å². The van der Waals surface area contributed by atoms with Crippen LogP contribution in [0.25, 0.3) is 0 Å². The van der Waals surface area contributed by atoms with Crippen molar-refractivity contribution in [2.75, 3.05) is 33.5 Å². The van der Waals surface area contributed by atoms with E-state index >= 15 is 0 Å². The van der Waals surface area contributed by atoms with Crippen LogP contribution in [0.1, 0.15) is 34.1 Å². The van der Waals surface area contributed by atoms with Gasteiger partial charge in [-0.05, 0) is 18.1 Å². The van der Waals surface area contributed by atoms with E-state index in [1.165, 1.54) is 14.2 Å². The Morgan fingerprint density at radius 1 is 1.09 bits per heavy atom. The quantitative estimate of drug-likeness (QED) is 0.291. The maximum Gasteiger partial charge on any atom is 0.380 e. The highest BCUT2D eigenvalue weighted by atomic mass is 31.2. The number of ether oxygens (including phenoxy) is 2. The van der Waals surface area contributed by atoms with Crippen molar-refractivity contribution in [2.45, 2.75) is 40.2 Å². The number of rotatable bonds is 14. The Balaban J connectivity index is 2.99. The normalized spacial score (nSPS) is 15.1. The molecule has 0 heterocycles. The van der Waals surface area contributed by atoms with Gasteiger partial charge in [-0.1, -0.05) is 45.9 Å². The second-order valence-electron chi connectivity index (χ2n) is 8.85. The minimum absolute atomic E-state index is 0.00961. The van der Waals surface area contributed by atoms with Gasteiger partial charge in [0.15, 0.2) is 0 Å². The van der Waals surface area contributed by atoms with Gasteiger partial charge in [0.05, 0.1) is 39.3 Å². The molecule has 0 spiro atoms. The van der Waals surface area contributed by atoms with Crippen molar-refractivity contribution in [3.63, 3.8) is 0 Å². The van der Waals surface area contributed by atoms with Gasteiger partial charge < -0.3 is 24.4 Å². The predicted molar refractivity (Wildman–Crippen MR) is 125 cm³/mol. The Morgan fingerprint density at radius 3 is 2.24 bits per heavy atom. The lowest BCUT2D eigenvalue weighted by molar-refractivity contribution is -0.146. The Hall–Kier alpha value is -2.42. The smallest absolute Gasteiger partial charge is 0.380 e. The van der Waals surface area contributed by atoms with Crippen LogP contribution in [0, 0.1) is 17.3 Å². The van der Waals surface area contributed by atoms with Gasteiger partial charge in [0.25, 0.3) is 0 Å². The van der Waals surface area contributed by atoms with Crippen LogP contribution in [-0.2, 0) is 32.9 Å². The van der Waals surface area contributed by atoms with E-state index in [0.29, 0.717) is 0 Å². The highest BCUT2D eigenvalue weighted by Crippen LogP contribution is 2.52. The number of esters is 2. The van der Waals surface area contributed by atoms with Crippen LogP contribution in [0.4, 0.5) is 0 Å². The molecule has 0 aliphatic heterocycles. The molecule has 0 fully saturated rings. The average molecular weight is 502 g/mol. The number of para-hydroxylation sites is 1. The van der Waals surface area contributed by atoms with Gasteiger partial charge in [-0.25, -0.2) is 4.57 Å². The standard InChI is InChI=1S/C23H36NO9P/c1-16(2)18(22(28)31-6)14-34(29,33-17-10-8-7-9-11-17)32-15-23(3,4)20(26)21(27)24-13-12-19(25)30-5/h7-11,16,18,20,26H,12-15H2,1-6H3,(H,24,27)/t18-,20-,34?/m0/s1. The van der Waals surface area contributed by atoms with E-state index in [-0.39, 0.29) is 37.4 Å². The number of carbonyl (C=O) groups excluding carboxylic acids is 3. The highest BCUT2D eigenvalue weighted by molar-refractivity contribution is 7.54. The lowest BCUT2D eigenvalue weighted by Gasteiger charge is -2.32. The number of nitrogens with one attached hydrogen (secondary N) is 1. The highest BCUT2D eigenvalue weighted by Gasteiger charge is 2.41. The van der Waals surface area contributed by atoms with E-state index in [9.17, 15) is 24.1 Å². The van der Waals surface area contributed by atoms with Gasteiger partial charge in [0, 0.05) is 12.0 Å². The zero-order chi connectivity index (χ0) is 25.9. The lowest BCUT2D eigenvalue weighted by Crippen LogP contribution is -2.46. The lowest BCUT2D eigenvalue weighted by atomic mass is 9.87. The molecule has 1 aromatic carbocycles. The summed E-state index contributed by atoms with van der Waals surface area (Å²) in [6.45, 7) is 6.38. The molecule has 10 nitrogen and oxygen atoms in total. The fraction of sp³-hybridized carbons (Fsp3) is 0.609. The van der Waals surface area contributed by atoms with Crippen LogP contribution in [0.3, 0.4) is 0 Å². The fourth-order valence-electron chi connectivity index (χ4n) is 2.89. The Labute approximate surface area is 200 Å². The summed E-state index contributed by atoms with van der Waals surface area (Å²) in [6.07, 6.45) is -1.82. The van der Waals surface area contributed by atoms with E-state index in [0.717, 1.165) is 0 Å². The molecule has 192 valence electrons. The first-order valence-electron chi connectivity index (χ1n) is 10.9. The van der Waals surface area contributed by atoms with E-state index in [4.69, 9.17) is 13.8 Å². The zero-order valence-electron chi connectivity index (χ0n) is 20.6. The van der Waals surface area contributed by atoms with Crippen LogP contribution in [0.15, 0.2) is 30.3 Å². The molecule has 0 radical (unpaired) electrons. The van der Waals surface area contributed by atoms with Crippen molar-refractivity contribution in [2.24, 2.45) is 17.3 Å². The van der Waals surface area contributed by atoms with Crippen LogP contribution in [-0.4, -0.2) is 62.6 Å². The van der Waals surface area contributed by atoms with Crippen LogP contribution in [0.5, 0.6) is 5.75 Å². The number of hydrogen-bond acceptors (Lipinski definition) is 9. The van der Waals surface area contributed by atoms with E-state index in [1.807, 2.05) is 0 Å². The summed E-state index contributed by atoms with van der Waals surface area (Å²) in [4.78, 5) is 35.8. The topological polar surface area (TPSA) is 137 Å². The number of aliphatic hydroxyl groups excluding tert-OH is 1. The Bertz CT molecular complexity index is 857. The molecule has 0 aliphatic rings. The summed E-state index contributed by atoms with van der Waals surface area (Å²) in [5.74, 6) is -2.43. The minimum Gasteiger partial charge on any atom is -0.469 e. The first-order chi connectivity index (χ1) is 15.8. The second-order valence-corrected chi connectivity index (χ2v) is 10.9. The van der Waals surface area contributed by atoms with Crippen LogP contribution < -0.4 is 9.84 Å². The molecular formula is C23H36NO9P. The van der Waals surface area contributed by atoms with Gasteiger partial charge in [-0.3, -0.25) is 18.9 Å². The Morgan fingerprint density at radius 2 is 1.71 bits per heavy atom. The number of methoxy groups -OCH3 is 2. The number of benzene rings is 1. The van der Waals surface area contributed by atoms with Gasteiger partial charge in [0.2, 0.25) is 5.91 Å². The van der Waals surface area contributed by atoms with Gasteiger partial charge in [-0.15, -0.1) is 0 Å². The predicted octanol–water partition coefficient (Wildman–Crippen LogP) is 2.79. The van der Waals surface area contributed by atoms with Crippen molar-refractivity contribution in [1.29, 1.82) is 0 Å². The van der Waals surface area contributed by atoms with Crippen molar-refractivity contribution in [3.05, 3.63) is 30.3 Å². The van der Waals surface area contributed by atoms with Crippen LogP contribution >= 0.6 is 7.60 Å². The van der Waals surface area contributed by atoms with E-state index in [1.54, 1.807) is 58.0 Å². The number of carbonyl (C=O) groups is 3. The molecule has 0 saturated heterocycles. The summed E-state index contributed by atoms with van der Waals surface area (Å²) in [5, 5.41) is 13.0. The third kappa shape index (κ3) is 9.44. The van der Waals surface area contributed by atoms with Crippen molar-refractivity contribution in [1.82, 2.24) is 5.32 Å². The van der Waals surface area contributed by atoms with E-state index < -0.39 is 42.9 Å². The molecule has 0 aromatic heterocycles. The molecule has 3 atom stereocenters. The zero-order valence-corrected chi connectivity index (χ0v) is 21.5. The van der Waals surface area contributed by atoms with Gasteiger partial charge in [0.1, 0.15) is 11.9 Å². The van der Waals surface area contributed by atoms with Crippen molar-refractivity contribution < 1.29 is 42.6 Å². The first kappa shape index (κ1) is 29.6. The summed E-state index contributed by atoms with van der Waals surface area (Å²) in [5.41, 5.74) is -1.18. The summed E-state index contributed by atoms with van der Waals surface area (Å²) in [6, 6.07) is 8.38. The molecule has 1 unspecified atom stereocenters. The second kappa shape index (κ2) is 13.5. The minimum atomic E-state index is -3.93. The molecule has 1 rings (SSSR count). The molecule has 0 saturated carbocycles. The van der Waals surface area contributed by atoms with Crippen molar-refractivity contribution >= 4 is 25.4 Å². The molecular weight excluding hydrogens is 465 g/mol. The molecule has 0 bridgehead atoms. The molecule has 1 amide bonds. The molecule has 1 aromatic rings. The maximum absolute atomic E-state index is 13.8. The number of amides is 1. The molecule has 11 heteroatoms. The monoisotopic (exact) mass is 501 g/mol. The summed E-state index contributed by atoms with van der Waals surface area (Å²) >= 11 is 0. The first-order valence-corrected chi connectivity index (χ1v) is 12.7. The number of hydrogen-bond donors (Lipinski definition) is 2. The largest absolute Gasteiger partial charge is 0.469 e.